The van der Waals surface area contributed by atoms with Crippen LogP contribution >= 0.6 is 0 Å². The first-order valence-electron chi connectivity index (χ1n) is 0.224. The van der Waals surface area contributed by atoms with Crippen molar-refractivity contribution in [2.45, 2.75) is 0 Å². The fourth-order valence-electron chi connectivity index (χ4n) is 0. The van der Waals surface area contributed by atoms with Crippen molar-refractivity contribution in [3.8, 4) is 0 Å². The van der Waals surface area contributed by atoms with Crippen LogP contribution in [0.3, 0.4) is 0 Å². The molecule has 0 radical (unpaired) electrons. The first-order chi connectivity index (χ1) is 1.00. The second kappa shape index (κ2) is 32.5. The van der Waals surface area contributed by atoms with E-state index in [4.69, 9.17) is 11.8 Å². The Balaban J connectivity index is -0.000000000833. The minimum atomic E-state index is 0. The van der Waals surface area contributed by atoms with Crippen LogP contribution in [-0.4, -0.2) is 0 Å². The van der Waals surface area contributed by atoms with Gasteiger partial charge >= 0.3 is 29.6 Å². The minimum absolute atomic E-state index is 0. The molecule has 0 N–H and O–H groups in total. The van der Waals surface area contributed by atoms with E-state index in [0.29, 0.717) is 0 Å². The van der Waals surface area contributed by atoms with E-state index in [9.17, 15) is 0 Å². The van der Waals surface area contributed by atoms with Gasteiger partial charge in [-0.2, -0.15) is 0 Å². The Morgan fingerprint density at radius 1 is 1.40 bits per heavy atom. The van der Waals surface area contributed by atoms with Crippen molar-refractivity contribution in [3.05, 3.63) is 6.57 Å². The van der Waals surface area contributed by atoms with Crippen LogP contribution in [0.4, 0.5) is 0 Å². The normalized spacial score (nSPS) is 0.400. The summed E-state index contributed by atoms with van der Waals surface area (Å²) >= 11 is 0. The van der Waals surface area contributed by atoms with E-state index in [2.05, 4.69) is 0 Å². The zero-order valence-corrected chi connectivity index (χ0v) is 9.05. The average Bonchev–Trinajstić information content (AvgIpc) is 1.00. The zero-order valence-electron chi connectivity index (χ0n) is 3.80. The van der Waals surface area contributed by atoms with Crippen molar-refractivity contribution in [2.75, 3.05) is 0 Å². The van der Waals surface area contributed by atoms with Crippen LogP contribution in [-0.2, 0) is 17.1 Å². The summed E-state index contributed by atoms with van der Waals surface area (Å²) in [6.45, 7) is 4.75. The maximum atomic E-state index is 6.25. The summed E-state index contributed by atoms with van der Waals surface area (Å²) in [5, 5.41) is 6.25. The molecule has 24 valence electrons. The molecule has 0 aromatic rings. The van der Waals surface area contributed by atoms with Crippen LogP contribution < -0.4 is 29.6 Å². The van der Waals surface area contributed by atoms with Gasteiger partial charge in [-0.3, -0.25) is 0 Å². The first kappa shape index (κ1) is 26.3. The third-order valence-corrected chi connectivity index (χ3v) is 0. The topological polar surface area (TPSA) is 23.8 Å². The second-order valence-electron chi connectivity index (χ2n) is 0. The summed E-state index contributed by atoms with van der Waals surface area (Å²) in [4.78, 5) is 0. The SMILES string of the molecule is [C-]#N.[Ce].[Fe].[H-].[Na+]. The van der Waals surface area contributed by atoms with Gasteiger partial charge in [0.15, 0.2) is 0 Å². The number of hydrogen-bond acceptors (Lipinski definition) is 1. The summed E-state index contributed by atoms with van der Waals surface area (Å²) in [5.74, 6) is 0. The van der Waals surface area contributed by atoms with Crippen molar-refractivity contribution in [1.29, 1.82) is 5.26 Å². The molecule has 0 atom stereocenters. The second-order valence-corrected chi connectivity index (χ2v) is 0. The van der Waals surface area contributed by atoms with E-state index >= 15 is 0 Å². The predicted octanol–water partition coefficient (Wildman–Crippen LogP) is -2.79. The molecular weight excluding hydrogens is 245 g/mol. The van der Waals surface area contributed by atoms with Crippen LogP contribution in [0.2, 0.25) is 0 Å². The van der Waals surface area contributed by atoms with Gasteiger partial charge in [0.25, 0.3) is 0 Å². The summed E-state index contributed by atoms with van der Waals surface area (Å²) in [6.07, 6.45) is 0. The van der Waals surface area contributed by atoms with E-state index in [0.717, 1.165) is 0 Å². The van der Waals surface area contributed by atoms with Gasteiger partial charge in [0.2, 0.25) is 0 Å². The molecule has 0 aromatic heterocycles. The van der Waals surface area contributed by atoms with Gasteiger partial charge in [0.05, 0.1) is 0 Å². The molecule has 0 saturated carbocycles. The van der Waals surface area contributed by atoms with E-state index in [-0.39, 0.29) is 89.8 Å². The maximum Gasteiger partial charge on any atom is 1.00 e. The van der Waals surface area contributed by atoms with E-state index in [1.807, 2.05) is 0 Å². The van der Waals surface area contributed by atoms with Gasteiger partial charge < -0.3 is 13.3 Å². The Morgan fingerprint density at radius 3 is 1.40 bits per heavy atom. The molecule has 0 saturated heterocycles. The van der Waals surface area contributed by atoms with Gasteiger partial charge in [0, 0.05) is 58.8 Å². The van der Waals surface area contributed by atoms with Crippen molar-refractivity contribution < 1.29 is 89.8 Å². The van der Waals surface area contributed by atoms with Crippen LogP contribution in [0.5, 0.6) is 0 Å². The molecule has 0 unspecified atom stereocenters. The van der Waals surface area contributed by atoms with Gasteiger partial charge in [-0.15, -0.1) is 0 Å². The summed E-state index contributed by atoms with van der Waals surface area (Å²) < 4.78 is 0. The van der Waals surface area contributed by atoms with Crippen molar-refractivity contribution in [3.63, 3.8) is 0 Å². The molecule has 0 bridgehead atoms. The van der Waals surface area contributed by atoms with Gasteiger partial charge in [-0.1, -0.05) is 0 Å². The molecule has 0 aliphatic carbocycles. The number of hydrogen-bond donors (Lipinski definition) is 0. The third-order valence-electron chi connectivity index (χ3n) is 0. The first-order valence-corrected chi connectivity index (χ1v) is 0.224. The molecule has 0 aromatic carbocycles. The monoisotopic (exact) mass is 246 g/mol. The van der Waals surface area contributed by atoms with Crippen LogP contribution in [0, 0.1) is 53.6 Å². The third kappa shape index (κ3) is 21.6. The van der Waals surface area contributed by atoms with Gasteiger partial charge in [-0.05, 0) is 0 Å². The Labute approximate surface area is 99.5 Å². The van der Waals surface area contributed by atoms with E-state index in [1.54, 1.807) is 0 Å². The number of nitrogens with zero attached hydrogens (tertiary/aromatic N) is 1. The Morgan fingerprint density at radius 2 is 1.40 bits per heavy atom. The number of rotatable bonds is 0. The van der Waals surface area contributed by atoms with E-state index in [1.165, 1.54) is 0 Å². The van der Waals surface area contributed by atoms with Crippen LogP contribution in [0.25, 0.3) is 0 Å². The smallest absolute Gasteiger partial charge is 1.00 e. The van der Waals surface area contributed by atoms with Crippen molar-refractivity contribution in [1.82, 2.24) is 0 Å². The summed E-state index contributed by atoms with van der Waals surface area (Å²) in [6, 6.07) is 0. The average molecular weight is 246 g/mol. The predicted molar refractivity (Wildman–Crippen MR) is 6.08 cm³/mol. The van der Waals surface area contributed by atoms with Gasteiger partial charge in [0.1, 0.15) is 0 Å². The summed E-state index contributed by atoms with van der Waals surface area (Å²) in [5.41, 5.74) is 0. The summed E-state index contributed by atoms with van der Waals surface area (Å²) in [7, 11) is 0. The van der Waals surface area contributed by atoms with Crippen LogP contribution in [0.1, 0.15) is 1.43 Å². The van der Waals surface area contributed by atoms with Gasteiger partial charge in [-0.25, -0.2) is 0 Å². The minimum Gasteiger partial charge on any atom is -1.00 e. The molecule has 0 aliphatic heterocycles. The van der Waals surface area contributed by atoms with E-state index < -0.39 is 0 Å². The van der Waals surface area contributed by atoms with Crippen molar-refractivity contribution in [2.24, 2.45) is 0 Å². The molecule has 0 heterocycles. The molecule has 0 fully saturated rings. The quantitative estimate of drug-likeness (QED) is 0.335. The zero-order chi connectivity index (χ0) is 2.00. The largest absolute Gasteiger partial charge is 1.00 e. The molecule has 5 heavy (non-hydrogen) atoms. The molecule has 4 heteroatoms. The molecule has 1 nitrogen and oxygen atoms in total. The molecule has 0 aliphatic rings. The fraction of sp³-hybridized carbons (Fsp3) is 0. The standard InChI is InChI=1S/CN.Ce.Fe.Na.H/c1-2;;;;/q-1;;;+1;-1. The Kier molecular flexibility index (Phi) is 171. The van der Waals surface area contributed by atoms with Crippen molar-refractivity contribution >= 4 is 0 Å². The fourth-order valence-corrected chi connectivity index (χ4v) is 0. The molecule has 0 spiro atoms. The Hall–Kier alpha value is 2.39. The maximum absolute atomic E-state index is 6.25. The van der Waals surface area contributed by atoms with Crippen LogP contribution in [0.15, 0.2) is 0 Å². The molecule has 0 rings (SSSR count). The Bertz CT molecular complexity index is 20.3. The molecule has 0 amide bonds. The molecular formula is CHCeFeNNa-.